The molecule has 0 saturated heterocycles. The first-order valence-electron chi connectivity index (χ1n) is 8.85. The largest absolute Gasteiger partial charge is 0.449 e. The Balaban J connectivity index is 1.59. The zero-order valence-electron chi connectivity index (χ0n) is 15.6. The number of carbonyl (C=O) groups excluding carboxylic acids is 2. The molecule has 1 N–H and O–H groups in total. The Morgan fingerprint density at radius 1 is 1.03 bits per heavy atom. The molecule has 3 aromatic rings. The predicted molar refractivity (Wildman–Crippen MR) is 110 cm³/mol. The third kappa shape index (κ3) is 5.26. The molecule has 0 aliphatic rings. The number of nitro groups is 1. The molecule has 146 valence electrons. The van der Waals surface area contributed by atoms with Crippen molar-refractivity contribution in [2.24, 2.45) is 0 Å². The van der Waals surface area contributed by atoms with Gasteiger partial charge in [-0.05, 0) is 41.5 Å². The van der Waals surface area contributed by atoms with Crippen LogP contribution in [0.25, 0.3) is 16.8 Å². The van der Waals surface area contributed by atoms with Crippen LogP contribution in [-0.2, 0) is 14.3 Å². The molecule has 0 aliphatic heterocycles. The van der Waals surface area contributed by atoms with Crippen molar-refractivity contribution in [3.63, 3.8) is 0 Å². The zero-order valence-corrected chi connectivity index (χ0v) is 15.6. The summed E-state index contributed by atoms with van der Waals surface area (Å²) in [6, 6.07) is 19.1. The van der Waals surface area contributed by atoms with Crippen molar-refractivity contribution in [3.05, 3.63) is 88.5 Å². The Kier molecular flexibility index (Phi) is 5.99. The molecular weight excluding hydrogens is 372 g/mol. The first kappa shape index (κ1) is 19.8. The van der Waals surface area contributed by atoms with Crippen molar-refractivity contribution in [1.82, 2.24) is 0 Å². The van der Waals surface area contributed by atoms with E-state index in [2.05, 4.69) is 5.32 Å². The molecule has 29 heavy (non-hydrogen) atoms. The van der Waals surface area contributed by atoms with Gasteiger partial charge in [0, 0.05) is 23.9 Å². The lowest BCUT2D eigenvalue weighted by molar-refractivity contribution is -0.384. The second-order valence-electron chi connectivity index (χ2n) is 6.32. The molecule has 0 heterocycles. The van der Waals surface area contributed by atoms with E-state index in [9.17, 15) is 19.7 Å². The van der Waals surface area contributed by atoms with Crippen LogP contribution in [0.2, 0.25) is 0 Å². The van der Waals surface area contributed by atoms with Crippen molar-refractivity contribution >= 4 is 40.1 Å². The number of benzene rings is 3. The summed E-state index contributed by atoms with van der Waals surface area (Å²) in [7, 11) is 0. The molecule has 0 aliphatic carbocycles. The predicted octanol–water partition coefficient (Wildman–Crippen LogP) is 4.33. The maximum Gasteiger partial charge on any atom is 0.331 e. The number of amides is 1. The molecule has 0 radical (unpaired) electrons. The molecule has 0 bridgehead atoms. The fraction of sp³-hybridized carbons (Fsp3) is 0.0909. The van der Waals surface area contributed by atoms with Crippen molar-refractivity contribution in [3.8, 4) is 0 Å². The summed E-state index contributed by atoms with van der Waals surface area (Å²) >= 11 is 0. The summed E-state index contributed by atoms with van der Waals surface area (Å²) in [6.45, 7) is 1.47. The number of esters is 1. The van der Waals surface area contributed by atoms with Crippen molar-refractivity contribution < 1.29 is 19.2 Å². The number of anilines is 1. The number of hydrogen-bond acceptors (Lipinski definition) is 5. The minimum absolute atomic E-state index is 0.0800. The van der Waals surface area contributed by atoms with Crippen LogP contribution in [0.5, 0.6) is 0 Å². The van der Waals surface area contributed by atoms with Crippen molar-refractivity contribution in [1.29, 1.82) is 0 Å². The number of ether oxygens (including phenoxy) is 1. The molecular formula is C22H18N2O5. The van der Waals surface area contributed by atoms with Crippen LogP contribution in [0.3, 0.4) is 0 Å². The minimum atomic E-state index is -1.01. The third-order valence-corrected chi connectivity index (χ3v) is 4.17. The average molecular weight is 390 g/mol. The Morgan fingerprint density at radius 2 is 1.79 bits per heavy atom. The summed E-state index contributed by atoms with van der Waals surface area (Å²) in [6.07, 6.45) is 1.51. The molecule has 0 fully saturated rings. The first-order chi connectivity index (χ1) is 13.9. The van der Waals surface area contributed by atoms with Gasteiger partial charge in [-0.15, -0.1) is 0 Å². The van der Waals surface area contributed by atoms with Crippen LogP contribution in [0.4, 0.5) is 11.4 Å². The Hall–Kier alpha value is -4.00. The van der Waals surface area contributed by atoms with Gasteiger partial charge < -0.3 is 10.1 Å². The van der Waals surface area contributed by atoms with Gasteiger partial charge in [-0.3, -0.25) is 14.9 Å². The quantitative estimate of drug-likeness (QED) is 0.292. The molecule has 7 heteroatoms. The molecule has 7 nitrogen and oxygen atoms in total. The average Bonchev–Trinajstić information content (AvgIpc) is 2.72. The SMILES string of the molecule is C[C@@H](OC(=O)/C=C/c1cccc([N+](=O)[O-])c1)C(=O)Nc1ccc2ccccc2c1. The highest BCUT2D eigenvalue weighted by Gasteiger charge is 2.17. The number of rotatable bonds is 6. The third-order valence-electron chi connectivity index (χ3n) is 4.17. The van der Waals surface area contributed by atoms with Gasteiger partial charge in [0.2, 0.25) is 0 Å². The Bertz CT molecular complexity index is 1110. The highest BCUT2D eigenvalue weighted by Crippen LogP contribution is 2.19. The van der Waals surface area contributed by atoms with E-state index in [4.69, 9.17) is 4.74 Å². The maximum atomic E-state index is 12.3. The van der Waals surface area contributed by atoms with Gasteiger partial charge in [-0.25, -0.2) is 4.79 Å². The second kappa shape index (κ2) is 8.79. The lowest BCUT2D eigenvalue weighted by Gasteiger charge is -2.13. The highest BCUT2D eigenvalue weighted by atomic mass is 16.6. The van der Waals surface area contributed by atoms with Crippen LogP contribution in [0.15, 0.2) is 72.8 Å². The van der Waals surface area contributed by atoms with E-state index in [1.54, 1.807) is 12.1 Å². The van der Waals surface area contributed by atoms with Gasteiger partial charge >= 0.3 is 5.97 Å². The molecule has 0 unspecified atom stereocenters. The summed E-state index contributed by atoms with van der Waals surface area (Å²) < 4.78 is 5.10. The van der Waals surface area contributed by atoms with Crippen molar-refractivity contribution in [2.45, 2.75) is 13.0 Å². The summed E-state index contributed by atoms with van der Waals surface area (Å²) in [5.41, 5.74) is 0.997. The van der Waals surface area contributed by atoms with Gasteiger partial charge in [0.05, 0.1) is 4.92 Å². The first-order valence-corrected chi connectivity index (χ1v) is 8.85. The molecule has 0 aromatic heterocycles. The van der Waals surface area contributed by atoms with Crippen molar-refractivity contribution in [2.75, 3.05) is 5.32 Å². The number of fused-ring (bicyclic) bond motifs is 1. The lowest BCUT2D eigenvalue weighted by atomic mass is 10.1. The molecule has 0 saturated carbocycles. The molecule has 0 spiro atoms. The Labute approximate surface area is 166 Å². The normalized spacial score (nSPS) is 11.9. The van der Waals surface area contributed by atoms with E-state index in [-0.39, 0.29) is 5.69 Å². The van der Waals surface area contributed by atoms with E-state index in [1.807, 2.05) is 36.4 Å². The number of hydrogen-bond donors (Lipinski definition) is 1. The van der Waals surface area contributed by atoms with Gasteiger partial charge in [-0.2, -0.15) is 0 Å². The highest BCUT2D eigenvalue weighted by molar-refractivity contribution is 5.98. The summed E-state index contributed by atoms with van der Waals surface area (Å²) in [4.78, 5) is 34.5. The fourth-order valence-corrected chi connectivity index (χ4v) is 2.68. The van der Waals surface area contributed by atoms with Crippen LogP contribution in [-0.4, -0.2) is 22.9 Å². The number of nitrogens with one attached hydrogen (secondary N) is 1. The molecule has 1 atom stereocenters. The standard InChI is InChI=1S/C22H18N2O5/c1-15(22(26)23-19-11-10-17-6-2-3-7-18(17)14-19)29-21(25)12-9-16-5-4-8-20(13-16)24(27)28/h2-15H,1H3,(H,23,26)/b12-9+/t15-/m1/s1. The number of nitro benzene ring substituents is 1. The maximum absolute atomic E-state index is 12.3. The van der Waals surface area contributed by atoms with Gasteiger partial charge in [0.25, 0.3) is 11.6 Å². The van der Waals surface area contributed by atoms with E-state index in [1.165, 1.54) is 31.2 Å². The number of carbonyl (C=O) groups is 2. The van der Waals surface area contributed by atoms with Crippen LogP contribution in [0, 0.1) is 10.1 Å². The number of non-ortho nitro benzene ring substituents is 1. The smallest absolute Gasteiger partial charge is 0.331 e. The fourth-order valence-electron chi connectivity index (χ4n) is 2.68. The zero-order chi connectivity index (χ0) is 20.8. The van der Waals surface area contributed by atoms with Gasteiger partial charge in [0.15, 0.2) is 6.10 Å². The lowest BCUT2D eigenvalue weighted by Crippen LogP contribution is -2.29. The molecule has 1 amide bonds. The van der Waals surface area contributed by atoms with E-state index in [0.717, 1.165) is 16.8 Å². The summed E-state index contributed by atoms with van der Waals surface area (Å²) in [5, 5.41) is 15.5. The van der Waals surface area contributed by atoms with Gasteiger partial charge in [-0.1, -0.05) is 42.5 Å². The number of nitrogens with zero attached hydrogens (tertiary/aromatic N) is 1. The molecule has 3 rings (SSSR count). The topological polar surface area (TPSA) is 98.5 Å². The van der Waals surface area contributed by atoms with E-state index < -0.39 is 22.9 Å². The monoisotopic (exact) mass is 390 g/mol. The van der Waals surface area contributed by atoms with Crippen LogP contribution >= 0.6 is 0 Å². The van der Waals surface area contributed by atoms with Crippen LogP contribution in [0.1, 0.15) is 12.5 Å². The Morgan fingerprint density at radius 3 is 2.55 bits per heavy atom. The summed E-state index contributed by atoms with van der Waals surface area (Å²) in [5.74, 6) is -1.19. The van der Waals surface area contributed by atoms with Gasteiger partial charge in [0.1, 0.15) is 0 Å². The molecule has 3 aromatic carbocycles. The van der Waals surface area contributed by atoms with E-state index >= 15 is 0 Å². The second-order valence-corrected chi connectivity index (χ2v) is 6.32. The van der Waals surface area contributed by atoms with Crippen LogP contribution < -0.4 is 5.32 Å². The minimum Gasteiger partial charge on any atom is -0.449 e. The van der Waals surface area contributed by atoms with E-state index in [0.29, 0.717) is 11.3 Å².